The number of benzene rings is 1. The summed E-state index contributed by atoms with van der Waals surface area (Å²) in [4.78, 5) is 0. The van der Waals surface area contributed by atoms with Crippen LogP contribution in [-0.4, -0.2) is 12.9 Å². The molecule has 0 unspecified atom stereocenters. The zero-order valence-corrected chi connectivity index (χ0v) is 11.3. The molecule has 0 aromatic heterocycles. The number of nitrogens with one attached hydrogen (secondary N) is 2. The molecule has 0 spiro atoms. The zero-order valence-electron chi connectivity index (χ0n) is 11.3. The second-order valence-electron chi connectivity index (χ2n) is 3.86. The van der Waals surface area contributed by atoms with Crippen molar-refractivity contribution in [3.63, 3.8) is 0 Å². The van der Waals surface area contributed by atoms with E-state index in [0.29, 0.717) is 5.57 Å². The summed E-state index contributed by atoms with van der Waals surface area (Å²) in [6.07, 6.45) is 5.05. The molecule has 5 heteroatoms. The third-order valence-electron chi connectivity index (χ3n) is 2.46. The first kappa shape index (κ1) is 15.6. The molecule has 106 valence electrons. The van der Waals surface area contributed by atoms with Crippen molar-refractivity contribution >= 4 is 11.5 Å². The molecule has 0 bridgehead atoms. The molecule has 0 fully saturated rings. The van der Waals surface area contributed by atoms with Gasteiger partial charge in [-0.05, 0) is 25.1 Å². The van der Waals surface area contributed by atoms with Crippen LogP contribution < -0.4 is 5.32 Å². The number of hydrogen-bond donors (Lipinski definition) is 2. The third-order valence-corrected chi connectivity index (χ3v) is 2.46. The number of amidine groups is 1. The van der Waals surface area contributed by atoms with Gasteiger partial charge >= 0.3 is 0 Å². The predicted octanol–water partition coefficient (Wildman–Crippen LogP) is 4.02. The van der Waals surface area contributed by atoms with Crippen molar-refractivity contribution in [2.75, 3.05) is 12.4 Å². The lowest BCUT2D eigenvalue weighted by atomic mass is 10.1. The fraction of sp³-hybridized carbons (Fsp3) is 0.133. The van der Waals surface area contributed by atoms with Crippen molar-refractivity contribution in [1.29, 1.82) is 5.41 Å². The van der Waals surface area contributed by atoms with Crippen LogP contribution in [0.4, 0.5) is 14.5 Å². The van der Waals surface area contributed by atoms with E-state index in [4.69, 9.17) is 10.1 Å². The minimum atomic E-state index is -0.649. The lowest BCUT2D eigenvalue weighted by Crippen LogP contribution is -2.16. The minimum absolute atomic E-state index is 0.120. The number of allylic oxidation sites excluding steroid dienone is 3. The van der Waals surface area contributed by atoms with Gasteiger partial charge in [0.15, 0.2) is 0 Å². The smallest absolute Gasteiger partial charge is 0.146 e. The first-order valence-corrected chi connectivity index (χ1v) is 5.86. The van der Waals surface area contributed by atoms with Gasteiger partial charge in [-0.1, -0.05) is 18.7 Å². The van der Waals surface area contributed by atoms with E-state index in [1.807, 2.05) is 6.92 Å². The van der Waals surface area contributed by atoms with Gasteiger partial charge in [0, 0.05) is 6.07 Å². The molecule has 0 heterocycles. The molecule has 1 aromatic rings. The van der Waals surface area contributed by atoms with Crippen LogP contribution >= 0.6 is 0 Å². The van der Waals surface area contributed by atoms with Gasteiger partial charge in [0.25, 0.3) is 0 Å². The van der Waals surface area contributed by atoms with E-state index in [1.165, 1.54) is 7.11 Å². The number of halogens is 2. The van der Waals surface area contributed by atoms with Gasteiger partial charge in [-0.25, -0.2) is 8.78 Å². The maximum absolute atomic E-state index is 13.5. The molecule has 0 saturated heterocycles. The van der Waals surface area contributed by atoms with Gasteiger partial charge in [-0.3, -0.25) is 5.41 Å². The lowest BCUT2D eigenvalue weighted by molar-refractivity contribution is 0.305. The normalized spacial score (nSPS) is 11.5. The van der Waals surface area contributed by atoms with Crippen LogP contribution in [0.1, 0.15) is 6.92 Å². The highest BCUT2D eigenvalue weighted by molar-refractivity contribution is 6.08. The average molecular weight is 278 g/mol. The van der Waals surface area contributed by atoms with Crippen molar-refractivity contribution in [2.45, 2.75) is 6.92 Å². The summed E-state index contributed by atoms with van der Waals surface area (Å²) in [5.41, 5.74) is 0.222. The molecule has 2 N–H and O–H groups in total. The molecule has 0 saturated carbocycles. The Hall–Kier alpha value is -2.43. The maximum atomic E-state index is 13.5. The van der Waals surface area contributed by atoms with Crippen LogP contribution in [0.3, 0.4) is 0 Å². The molecule has 1 aromatic carbocycles. The molecule has 20 heavy (non-hydrogen) atoms. The van der Waals surface area contributed by atoms with Gasteiger partial charge < -0.3 is 10.1 Å². The van der Waals surface area contributed by atoms with Gasteiger partial charge in [0.2, 0.25) is 0 Å². The molecule has 0 aliphatic heterocycles. The Bertz CT molecular complexity index is 577. The van der Waals surface area contributed by atoms with Crippen molar-refractivity contribution in [3.05, 3.63) is 66.0 Å². The Labute approximate surface area is 116 Å². The van der Waals surface area contributed by atoms with E-state index in [0.717, 1.165) is 18.2 Å². The monoisotopic (exact) mass is 278 g/mol. The van der Waals surface area contributed by atoms with Crippen molar-refractivity contribution in [1.82, 2.24) is 0 Å². The minimum Gasteiger partial charge on any atom is -0.497 e. The number of ether oxygens (including phenoxy) is 1. The summed E-state index contributed by atoms with van der Waals surface area (Å²) in [6.45, 7) is 5.47. The summed E-state index contributed by atoms with van der Waals surface area (Å²) in [6, 6.07) is 2.98. The molecule has 0 aliphatic carbocycles. The van der Waals surface area contributed by atoms with Crippen LogP contribution in [0.25, 0.3) is 0 Å². The second kappa shape index (κ2) is 7.23. The van der Waals surface area contributed by atoms with E-state index in [-0.39, 0.29) is 17.3 Å². The molecule has 0 amide bonds. The predicted molar refractivity (Wildman–Crippen MR) is 76.8 cm³/mol. The van der Waals surface area contributed by atoms with Gasteiger partial charge in [0.1, 0.15) is 23.2 Å². The topological polar surface area (TPSA) is 45.1 Å². The van der Waals surface area contributed by atoms with E-state index >= 15 is 0 Å². The first-order chi connectivity index (χ1) is 9.49. The van der Waals surface area contributed by atoms with Gasteiger partial charge in [0.05, 0.1) is 18.4 Å². The molecule has 0 radical (unpaired) electrons. The van der Waals surface area contributed by atoms with Crippen LogP contribution in [0.5, 0.6) is 0 Å². The highest BCUT2D eigenvalue weighted by Gasteiger charge is 2.12. The number of anilines is 1. The summed E-state index contributed by atoms with van der Waals surface area (Å²) in [7, 11) is 1.42. The van der Waals surface area contributed by atoms with E-state index < -0.39 is 11.6 Å². The fourth-order valence-electron chi connectivity index (χ4n) is 1.41. The fourth-order valence-corrected chi connectivity index (χ4v) is 1.41. The lowest BCUT2D eigenvalue weighted by Gasteiger charge is -2.13. The van der Waals surface area contributed by atoms with E-state index in [2.05, 4.69) is 11.9 Å². The van der Waals surface area contributed by atoms with Crippen molar-refractivity contribution < 1.29 is 13.5 Å². The number of rotatable bonds is 5. The second-order valence-corrected chi connectivity index (χ2v) is 3.86. The zero-order chi connectivity index (χ0) is 15.1. The van der Waals surface area contributed by atoms with Crippen molar-refractivity contribution in [3.8, 4) is 0 Å². The Morgan fingerprint density at radius 2 is 2.10 bits per heavy atom. The molecular weight excluding hydrogens is 262 g/mol. The maximum Gasteiger partial charge on any atom is 0.146 e. The number of methoxy groups -OCH3 is 1. The Morgan fingerprint density at radius 3 is 2.70 bits per heavy atom. The largest absolute Gasteiger partial charge is 0.497 e. The quantitative estimate of drug-likeness (QED) is 0.370. The highest BCUT2D eigenvalue weighted by atomic mass is 19.1. The summed E-state index contributed by atoms with van der Waals surface area (Å²) in [5, 5.41) is 10.4. The number of hydrogen-bond acceptors (Lipinski definition) is 2. The Kier molecular flexibility index (Phi) is 5.65. The molecule has 1 rings (SSSR count). The Balaban J connectivity index is 3.02. The average Bonchev–Trinajstić information content (AvgIpc) is 2.43. The Morgan fingerprint density at radius 1 is 1.40 bits per heavy atom. The van der Waals surface area contributed by atoms with Crippen LogP contribution in [0.2, 0.25) is 0 Å². The summed E-state index contributed by atoms with van der Waals surface area (Å²) >= 11 is 0. The first-order valence-electron chi connectivity index (χ1n) is 5.86. The SMILES string of the molecule is C=C(OC)/C(=C\C=C/C)C(=N)Nc1cc(F)ccc1F. The van der Waals surface area contributed by atoms with E-state index in [9.17, 15) is 8.78 Å². The van der Waals surface area contributed by atoms with Gasteiger partial charge in [-0.2, -0.15) is 0 Å². The summed E-state index contributed by atoms with van der Waals surface area (Å²) in [5.74, 6) is -1.13. The van der Waals surface area contributed by atoms with Crippen LogP contribution in [-0.2, 0) is 4.74 Å². The van der Waals surface area contributed by atoms with Gasteiger partial charge in [-0.15, -0.1) is 0 Å². The van der Waals surface area contributed by atoms with E-state index in [1.54, 1.807) is 18.2 Å². The van der Waals surface area contributed by atoms with Crippen molar-refractivity contribution in [2.24, 2.45) is 0 Å². The standard InChI is InChI=1S/C15H16F2N2O/c1-4-5-6-12(10(2)20-3)15(18)19-14-9-11(16)7-8-13(14)17/h4-9H,2H2,1,3H3,(H2,18,19)/b5-4-,12-6+. The third kappa shape index (κ3) is 4.05. The highest BCUT2D eigenvalue weighted by Crippen LogP contribution is 2.18. The molecule has 0 aliphatic rings. The molecule has 0 atom stereocenters. The van der Waals surface area contributed by atoms with Crippen LogP contribution in [0, 0.1) is 17.0 Å². The summed E-state index contributed by atoms with van der Waals surface area (Å²) < 4.78 is 31.6. The molecular formula is C15H16F2N2O. The van der Waals surface area contributed by atoms with Crippen LogP contribution in [0.15, 0.2) is 54.3 Å². The molecule has 3 nitrogen and oxygen atoms in total.